The van der Waals surface area contributed by atoms with Gasteiger partial charge in [-0.2, -0.15) is 0 Å². The molecule has 5 heteroatoms. The Morgan fingerprint density at radius 2 is 1.81 bits per heavy atom. The predicted molar refractivity (Wildman–Crippen MR) is 86.4 cm³/mol. The van der Waals surface area contributed by atoms with Crippen LogP contribution >= 0.6 is 0 Å². The summed E-state index contributed by atoms with van der Waals surface area (Å²) in [7, 11) is 0. The number of aromatic nitrogens is 1. The molecule has 0 bridgehead atoms. The van der Waals surface area contributed by atoms with E-state index in [1.165, 1.54) is 0 Å². The molecule has 0 radical (unpaired) electrons. The van der Waals surface area contributed by atoms with Crippen LogP contribution in [0.3, 0.4) is 0 Å². The Bertz CT molecular complexity index is 484. The van der Waals surface area contributed by atoms with Crippen LogP contribution < -0.4 is 5.73 Å². The summed E-state index contributed by atoms with van der Waals surface area (Å²) in [6.07, 6.45) is 1.85. The molecule has 118 valence electrons. The van der Waals surface area contributed by atoms with E-state index < -0.39 is 0 Å². The normalized spacial score (nSPS) is 17.0. The van der Waals surface area contributed by atoms with Crippen LogP contribution in [0.2, 0.25) is 0 Å². The maximum Gasteiger partial charge on any atom is 0.270 e. The molecule has 0 atom stereocenters. The van der Waals surface area contributed by atoms with Gasteiger partial charge in [0.25, 0.3) is 5.91 Å². The van der Waals surface area contributed by atoms with E-state index >= 15 is 0 Å². The second kappa shape index (κ2) is 6.52. The quantitative estimate of drug-likeness (QED) is 0.924. The standard InChI is InChI=1S/C16H28N4O/c1-12(2)10-18-5-7-19(8-6-18)16(21)15-9-14(17)11-20(15)13(3)4/h9,11-13H,5-8,10,17H2,1-4H3. The monoisotopic (exact) mass is 292 g/mol. The summed E-state index contributed by atoms with van der Waals surface area (Å²) in [4.78, 5) is 17.1. The lowest BCUT2D eigenvalue weighted by atomic mass is 10.2. The topological polar surface area (TPSA) is 54.5 Å². The first-order chi connectivity index (χ1) is 9.88. The number of hydrogen-bond donors (Lipinski definition) is 1. The SMILES string of the molecule is CC(C)CN1CCN(C(=O)c2cc(N)cn2C(C)C)CC1. The number of anilines is 1. The zero-order valence-corrected chi connectivity index (χ0v) is 13.7. The molecule has 0 aliphatic carbocycles. The van der Waals surface area contributed by atoms with Gasteiger partial charge in [-0.3, -0.25) is 9.69 Å². The van der Waals surface area contributed by atoms with Crippen LogP contribution in [0.1, 0.15) is 44.2 Å². The first-order valence-electron chi connectivity index (χ1n) is 7.87. The molecule has 1 fully saturated rings. The number of nitrogens with zero attached hydrogens (tertiary/aromatic N) is 3. The summed E-state index contributed by atoms with van der Waals surface area (Å²) in [6.45, 7) is 13.2. The summed E-state index contributed by atoms with van der Waals surface area (Å²) in [5.41, 5.74) is 7.23. The number of carbonyl (C=O) groups excluding carboxylic acids is 1. The molecule has 0 spiro atoms. The molecule has 1 saturated heterocycles. The van der Waals surface area contributed by atoms with Crippen LogP contribution in [0.15, 0.2) is 12.3 Å². The highest BCUT2D eigenvalue weighted by molar-refractivity contribution is 5.94. The van der Waals surface area contributed by atoms with Gasteiger partial charge in [0.15, 0.2) is 0 Å². The highest BCUT2D eigenvalue weighted by Gasteiger charge is 2.25. The number of piperazine rings is 1. The Labute approximate surface area is 127 Å². The van der Waals surface area contributed by atoms with Crippen molar-refractivity contribution in [2.45, 2.75) is 33.7 Å². The van der Waals surface area contributed by atoms with E-state index in [4.69, 9.17) is 5.73 Å². The molecule has 0 saturated carbocycles. The Hall–Kier alpha value is -1.49. The molecule has 0 aromatic carbocycles. The number of nitrogen functional groups attached to an aromatic ring is 1. The fraction of sp³-hybridized carbons (Fsp3) is 0.688. The van der Waals surface area contributed by atoms with Crippen molar-refractivity contribution < 1.29 is 4.79 Å². The van der Waals surface area contributed by atoms with Gasteiger partial charge in [-0.1, -0.05) is 13.8 Å². The van der Waals surface area contributed by atoms with Crippen molar-refractivity contribution in [3.63, 3.8) is 0 Å². The van der Waals surface area contributed by atoms with E-state index in [0.29, 0.717) is 17.3 Å². The third-order valence-corrected chi connectivity index (χ3v) is 3.93. The van der Waals surface area contributed by atoms with Crippen molar-refractivity contribution >= 4 is 11.6 Å². The highest BCUT2D eigenvalue weighted by atomic mass is 16.2. The average Bonchev–Trinajstić information content (AvgIpc) is 2.80. The fourth-order valence-electron chi connectivity index (χ4n) is 2.91. The molecule has 2 heterocycles. The second-order valence-electron chi connectivity index (χ2n) is 6.65. The molecule has 1 aliphatic rings. The van der Waals surface area contributed by atoms with Gasteiger partial charge in [0.05, 0.1) is 5.69 Å². The molecular formula is C16H28N4O. The number of amides is 1. The molecule has 21 heavy (non-hydrogen) atoms. The largest absolute Gasteiger partial charge is 0.397 e. The van der Waals surface area contributed by atoms with Crippen molar-refractivity contribution in [2.75, 3.05) is 38.5 Å². The van der Waals surface area contributed by atoms with Gasteiger partial charge in [-0.05, 0) is 25.8 Å². The van der Waals surface area contributed by atoms with Crippen molar-refractivity contribution in [2.24, 2.45) is 5.92 Å². The molecule has 1 aliphatic heterocycles. The minimum absolute atomic E-state index is 0.101. The van der Waals surface area contributed by atoms with Crippen LogP contribution in [0, 0.1) is 5.92 Å². The smallest absolute Gasteiger partial charge is 0.270 e. The Morgan fingerprint density at radius 1 is 1.19 bits per heavy atom. The minimum Gasteiger partial charge on any atom is -0.397 e. The van der Waals surface area contributed by atoms with Gasteiger partial charge >= 0.3 is 0 Å². The lowest BCUT2D eigenvalue weighted by Crippen LogP contribution is -2.49. The molecule has 2 rings (SSSR count). The van der Waals surface area contributed by atoms with Gasteiger partial charge in [0.1, 0.15) is 5.69 Å². The van der Waals surface area contributed by atoms with Gasteiger partial charge in [-0.15, -0.1) is 0 Å². The van der Waals surface area contributed by atoms with E-state index in [0.717, 1.165) is 32.7 Å². The highest BCUT2D eigenvalue weighted by Crippen LogP contribution is 2.19. The number of nitrogens with two attached hydrogens (primary N) is 1. The zero-order chi connectivity index (χ0) is 15.6. The average molecular weight is 292 g/mol. The molecule has 0 unspecified atom stereocenters. The summed E-state index contributed by atoms with van der Waals surface area (Å²) in [5.74, 6) is 0.773. The Kier molecular flexibility index (Phi) is 4.93. The third kappa shape index (κ3) is 3.79. The van der Waals surface area contributed by atoms with E-state index in [1.54, 1.807) is 6.07 Å². The molecule has 5 nitrogen and oxygen atoms in total. The van der Waals surface area contributed by atoms with Crippen molar-refractivity contribution in [3.05, 3.63) is 18.0 Å². The van der Waals surface area contributed by atoms with Gasteiger partial charge in [0.2, 0.25) is 0 Å². The lowest BCUT2D eigenvalue weighted by Gasteiger charge is -2.35. The number of hydrogen-bond acceptors (Lipinski definition) is 3. The minimum atomic E-state index is 0.101. The summed E-state index contributed by atoms with van der Waals surface area (Å²) in [5, 5.41) is 0. The van der Waals surface area contributed by atoms with Crippen LogP contribution in [0.5, 0.6) is 0 Å². The molecular weight excluding hydrogens is 264 g/mol. The molecule has 1 aromatic rings. The Balaban J connectivity index is 2.02. The van der Waals surface area contributed by atoms with E-state index in [9.17, 15) is 4.79 Å². The Morgan fingerprint density at radius 3 is 2.33 bits per heavy atom. The van der Waals surface area contributed by atoms with Crippen LogP contribution in [0.4, 0.5) is 5.69 Å². The van der Waals surface area contributed by atoms with Gasteiger partial charge in [0, 0.05) is 45.0 Å². The predicted octanol–water partition coefficient (Wildman–Crippen LogP) is 2.06. The van der Waals surface area contributed by atoms with Crippen molar-refractivity contribution in [1.29, 1.82) is 0 Å². The maximum atomic E-state index is 12.7. The molecule has 1 amide bonds. The van der Waals surface area contributed by atoms with Crippen molar-refractivity contribution in [1.82, 2.24) is 14.4 Å². The number of carbonyl (C=O) groups is 1. The fourth-order valence-corrected chi connectivity index (χ4v) is 2.91. The van der Waals surface area contributed by atoms with Gasteiger partial charge < -0.3 is 15.2 Å². The summed E-state index contributed by atoms with van der Waals surface area (Å²) >= 11 is 0. The van der Waals surface area contributed by atoms with E-state index in [1.807, 2.05) is 15.7 Å². The van der Waals surface area contributed by atoms with Crippen LogP contribution in [-0.4, -0.2) is 53.0 Å². The molecule has 1 aromatic heterocycles. The maximum absolute atomic E-state index is 12.7. The van der Waals surface area contributed by atoms with Crippen LogP contribution in [-0.2, 0) is 0 Å². The zero-order valence-electron chi connectivity index (χ0n) is 13.7. The first kappa shape index (κ1) is 15.9. The van der Waals surface area contributed by atoms with Crippen LogP contribution in [0.25, 0.3) is 0 Å². The van der Waals surface area contributed by atoms with E-state index in [-0.39, 0.29) is 11.9 Å². The van der Waals surface area contributed by atoms with Gasteiger partial charge in [-0.25, -0.2) is 0 Å². The summed E-state index contributed by atoms with van der Waals surface area (Å²) < 4.78 is 1.97. The first-order valence-corrected chi connectivity index (χ1v) is 7.87. The molecule has 2 N–H and O–H groups in total. The second-order valence-corrected chi connectivity index (χ2v) is 6.65. The third-order valence-electron chi connectivity index (χ3n) is 3.93. The number of rotatable bonds is 4. The van der Waals surface area contributed by atoms with E-state index in [2.05, 4.69) is 32.6 Å². The van der Waals surface area contributed by atoms with Crippen molar-refractivity contribution in [3.8, 4) is 0 Å². The lowest BCUT2D eigenvalue weighted by molar-refractivity contribution is 0.0612. The summed E-state index contributed by atoms with van der Waals surface area (Å²) in [6, 6.07) is 2.03.